The van der Waals surface area contributed by atoms with Crippen molar-refractivity contribution in [3.63, 3.8) is 0 Å². The van der Waals surface area contributed by atoms with E-state index in [0.29, 0.717) is 0 Å². The van der Waals surface area contributed by atoms with Gasteiger partial charge < -0.3 is 5.73 Å². The Morgan fingerprint density at radius 1 is 1.29 bits per heavy atom. The summed E-state index contributed by atoms with van der Waals surface area (Å²) in [6.45, 7) is 4.43. The summed E-state index contributed by atoms with van der Waals surface area (Å²) in [5.41, 5.74) is 7.43. The van der Waals surface area contributed by atoms with E-state index in [2.05, 4.69) is 29.8 Å². The average Bonchev–Trinajstić information content (AvgIpc) is 2.38. The van der Waals surface area contributed by atoms with E-state index < -0.39 is 0 Å². The molecule has 1 fully saturated rings. The summed E-state index contributed by atoms with van der Waals surface area (Å²) in [6, 6.07) is 5.03. The second kappa shape index (κ2) is 4.36. The Hall–Kier alpha value is -0.410. The van der Waals surface area contributed by atoms with E-state index in [1.807, 2.05) is 6.07 Å². The van der Waals surface area contributed by atoms with Crippen molar-refractivity contribution >= 4 is 15.9 Å². The molecule has 2 rings (SSSR count). The smallest absolute Gasteiger partial charge is 0.124 e. The Labute approximate surface area is 111 Å². The molecule has 1 saturated carbocycles. The van der Waals surface area contributed by atoms with Crippen LogP contribution in [0.1, 0.15) is 38.7 Å². The van der Waals surface area contributed by atoms with Crippen LogP contribution in [-0.2, 0) is 6.42 Å². The van der Waals surface area contributed by atoms with Crippen molar-refractivity contribution in [2.75, 3.05) is 0 Å². The first-order chi connectivity index (χ1) is 7.82. The van der Waals surface area contributed by atoms with Crippen molar-refractivity contribution in [3.8, 4) is 0 Å². The molecule has 0 saturated heterocycles. The minimum atomic E-state index is -0.208. The van der Waals surface area contributed by atoms with Gasteiger partial charge in [-0.15, -0.1) is 0 Å². The zero-order valence-corrected chi connectivity index (χ0v) is 12.0. The Bertz CT molecular complexity index is 410. The lowest BCUT2D eigenvalue weighted by Gasteiger charge is -2.38. The van der Waals surface area contributed by atoms with Gasteiger partial charge in [0.05, 0.1) is 0 Å². The molecule has 94 valence electrons. The van der Waals surface area contributed by atoms with Crippen molar-refractivity contribution in [3.05, 3.63) is 34.1 Å². The van der Waals surface area contributed by atoms with Crippen LogP contribution in [0.4, 0.5) is 4.39 Å². The zero-order valence-electron chi connectivity index (χ0n) is 10.4. The minimum absolute atomic E-state index is 0.131. The molecule has 0 amide bonds. The first-order valence-corrected chi connectivity index (χ1v) is 6.86. The molecule has 1 atom stereocenters. The van der Waals surface area contributed by atoms with Crippen molar-refractivity contribution < 1.29 is 4.39 Å². The van der Waals surface area contributed by atoms with E-state index in [-0.39, 0.29) is 16.8 Å². The van der Waals surface area contributed by atoms with Crippen LogP contribution in [0.2, 0.25) is 0 Å². The molecule has 0 heterocycles. The summed E-state index contributed by atoms with van der Waals surface area (Å²) >= 11 is 3.33. The number of hydrogen-bond donors (Lipinski definition) is 1. The van der Waals surface area contributed by atoms with E-state index in [1.165, 1.54) is 12.5 Å². The summed E-state index contributed by atoms with van der Waals surface area (Å²) in [4.78, 5) is 0. The molecule has 1 aromatic rings. The van der Waals surface area contributed by atoms with Crippen LogP contribution >= 0.6 is 15.9 Å². The van der Waals surface area contributed by atoms with E-state index in [4.69, 9.17) is 5.73 Å². The molecule has 0 bridgehead atoms. The Morgan fingerprint density at radius 2 is 2.00 bits per heavy atom. The quantitative estimate of drug-likeness (QED) is 0.876. The van der Waals surface area contributed by atoms with Gasteiger partial charge in [-0.1, -0.05) is 36.2 Å². The van der Waals surface area contributed by atoms with Crippen LogP contribution in [0.3, 0.4) is 0 Å². The van der Waals surface area contributed by atoms with Crippen molar-refractivity contribution in [2.24, 2.45) is 11.1 Å². The van der Waals surface area contributed by atoms with Crippen LogP contribution in [0.5, 0.6) is 0 Å². The number of nitrogens with two attached hydrogens (primary N) is 1. The lowest BCUT2D eigenvalue weighted by molar-refractivity contribution is 0.207. The van der Waals surface area contributed by atoms with Crippen LogP contribution < -0.4 is 5.73 Å². The fourth-order valence-electron chi connectivity index (χ4n) is 2.84. The van der Waals surface area contributed by atoms with Gasteiger partial charge in [-0.05, 0) is 48.4 Å². The zero-order chi connectivity index (χ0) is 12.7. The highest BCUT2D eigenvalue weighted by Gasteiger charge is 2.45. The topological polar surface area (TPSA) is 26.0 Å². The Kier molecular flexibility index (Phi) is 3.34. The number of halogens is 2. The monoisotopic (exact) mass is 299 g/mol. The van der Waals surface area contributed by atoms with Gasteiger partial charge in [-0.25, -0.2) is 4.39 Å². The first kappa shape index (κ1) is 13.0. The van der Waals surface area contributed by atoms with Crippen molar-refractivity contribution in [2.45, 2.75) is 45.1 Å². The SMILES string of the molecule is CC1(C)CCCC1(N)Cc1cc(F)cc(Br)c1. The summed E-state index contributed by atoms with van der Waals surface area (Å²) in [5, 5.41) is 0. The second-order valence-electron chi connectivity index (χ2n) is 5.85. The third-order valence-electron chi connectivity index (χ3n) is 4.21. The average molecular weight is 300 g/mol. The van der Waals surface area contributed by atoms with Gasteiger partial charge in [0.25, 0.3) is 0 Å². The molecule has 3 heteroatoms. The van der Waals surface area contributed by atoms with Crippen LogP contribution in [0.25, 0.3) is 0 Å². The molecule has 1 aliphatic carbocycles. The molecule has 0 aliphatic heterocycles. The maximum Gasteiger partial charge on any atom is 0.124 e. The van der Waals surface area contributed by atoms with Crippen LogP contribution in [0, 0.1) is 11.2 Å². The molecule has 0 spiro atoms. The fraction of sp³-hybridized carbons (Fsp3) is 0.571. The van der Waals surface area contributed by atoms with E-state index in [0.717, 1.165) is 29.3 Å². The highest BCUT2D eigenvalue weighted by molar-refractivity contribution is 9.10. The number of rotatable bonds is 2. The minimum Gasteiger partial charge on any atom is -0.324 e. The normalized spacial score (nSPS) is 27.4. The highest BCUT2D eigenvalue weighted by Crippen LogP contribution is 2.46. The largest absolute Gasteiger partial charge is 0.324 e. The fourth-order valence-corrected chi connectivity index (χ4v) is 3.35. The van der Waals surface area contributed by atoms with Gasteiger partial charge in [0, 0.05) is 10.0 Å². The second-order valence-corrected chi connectivity index (χ2v) is 6.76. The first-order valence-electron chi connectivity index (χ1n) is 6.06. The van der Waals surface area contributed by atoms with Crippen LogP contribution in [0.15, 0.2) is 22.7 Å². The van der Waals surface area contributed by atoms with Gasteiger partial charge in [0.15, 0.2) is 0 Å². The molecule has 1 nitrogen and oxygen atoms in total. The summed E-state index contributed by atoms with van der Waals surface area (Å²) in [6.07, 6.45) is 4.09. The van der Waals surface area contributed by atoms with Gasteiger partial charge >= 0.3 is 0 Å². The van der Waals surface area contributed by atoms with Gasteiger partial charge in [-0.3, -0.25) is 0 Å². The Morgan fingerprint density at radius 3 is 2.53 bits per heavy atom. The molecule has 1 aromatic carbocycles. The summed E-state index contributed by atoms with van der Waals surface area (Å²) in [5.74, 6) is -0.200. The van der Waals surface area contributed by atoms with Crippen LogP contribution in [-0.4, -0.2) is 5.54 Å². The maximum absolute atomic E-state index is 13.3. The molecular weight excluding hydrogens is 281 g/mol. The predicted molar refractivity (Wildman–Crippen MR) is 72.4 cm³/mol. The molecular formula is C14H19BrFN. The number of hydrogen-bond acceptors (Lipinski definition) is 1. The van der Waals surface area contributed by atoms with Crippen molar-refractivity contribution in [1.29, 1.82) is 0 Å². The van der Waals surface area contributed by atoms with E-state index in [1.54, 1.807) is 6.07 Å². The molecule has 2 N–H and O–H groups in total. The number of benzene rings is 1. The molecule has 0 radical (unpaired) electrons. The summed E-state index contributed by atoms with van der Waals surface area (Å²) in [7, 11) is 0. The lowest BCUT2D eigenvalue weighted by atomic mass is 9.72. The molecule has 0 aromatic heterocycles. The molecule has 1 aliphatic rings. The molecule has 1 unspecified atom stereocenters. The molecule has 17 heavy (non-hydrogen) atoms. The highest BCUT2D eigenvalue weighted by atomic mass is 79.9. The Balaban J connectivity index is 2.26. The van der Waals surface area contributed by atoms with Gasteiger partial charge in [-0.2, -0.15) is 0 Å². The van der Waals surface area contributed by atoms with E-state index in [9.17, 15) is 4.39 Å². The predicted octanol–water partition coefficient (Wildman–Crippen LogP) is 4.04. The standard InChI is InChI=1S/C14H19BrFN/c1-13(2)4-3-5-14(13,17)9-10-6-11(15)8-12(16)7-10/h6-8H,3-5,9,17H2,1-2H3. The maximum atomic E-state index is 13.3. The van der Waals surface area contributed by atoms with E-state index >= 15 is 0 Å². The third kappa shape index (κ3) is 2.55. The third-order valence-corrected chi connectivity index (χ3v) is 4.67. The van der Waals surface area contributed by atoms with Gasteiger partial charge in [0.2, 0.25) is 0 Å². The van der Waals surface area contributed by atoms with Crippen molar-refractivity contribution in [1.82, 2.24) is 0 Å². The summed E-state index contributed by atoms with van der Waals surface area (Å²) < 4.78 is 14.1. The van der Waals surface area contributed by atoms with Gasteiger partial charge in [0.1, 0.15) is 5.82 Å². The lowest BCUT2D eigenvalue weighted by Crippen LogP contribution is -2.50.